The van der Waals surface area contributed by atoms with Crippen molar-refractivity contribution in [2.24, 2.45) is 0 Å². The molecule has 0 aliphatic heterocycles. The zero-order chi connectivity index (χ0) is 11.5. The van der Waals surface area contributed by atoms with Crippen LogP contribution in [0.15, 0.2) is 22.9 Å². The zero-order valence-corrected chi connectivity index (χ0v) is 10.5. The van der Waals surface area contributed by atoms with Crippen molar-refractivity contribution >= 4 is 28.8 Å². The lowest BCUT2D eigenvalue weighted by molar-refractivity contribution is 0.154. The summed E-state index contributed by atoms with van der Waals surface area (Å²) in [5.41, 5.74) is 1.87. The van der Waals surface area contributed by atoms with E-state index in [1.165, 1.54) is 22.7 Å². The molecule has 5 heteroatoms. The highest BCUT2D eigenvalue weighted by Gasteiger charge is 2.12. The largest absolute Gasteiger partial charge is 0.521 e. The summed E-state index contributed by atoms with van der Waals surface area (Å²) in [6.45, 7) is 3.77. The van der Waals surface area contributed by atoms with E-state index in [1.54, 1.807) is 0 Å². The number of thiophene rings is 2. The molecule has 0 N–H and O–H groups in total. The van der Waals surface area contributed by atoms with Crippen molar-refractivity contribution in [2.75, 3.05) is 0 Å². The molecule has 2 heterocycles. The summed E-state index contributed by atoms with van der Waals surface area (Å²) in [6.07, 6.45) is -0.684. The van der Waals surface area contributed by atoms with E-state index in [9.17, 15) is 4.79 Å². The quantitative estimate of drug-likeness (QED) is 0.760. The Hall–Kier alpha value is -1.33. The van der Waals surface area contributed by atoms with Crippen LogP contribution >= 0.6 is 22.7 Å². The van der Waals surface area contributed by atoms with Crippen LogP contribution in [0.5, 0.6) is 10.1 Å². The molecule has 0 saturated heterocycles. The van der Waals surface area contributed by atoms with E-state index < -0.39 is 6.16 Å². The summed E-state index contributed by atoms with van der Waals surface area (Å²) in [4.78, 5) is 11.5. The van der Waals surface area contributed by atoms with Crippen LogP contribution in [-0.4, -0.2) is 6.16 Å². The van der Waals surface area contributed by atoms with Gasteiger partial charge in [-0.2, -0.15) is 0 Å². The maximum atomic E-state index is 11.5. The van der Waals surface area contributed by atoms with Gasteiger partial charge in [-0.15, -0.1) is 22.7 Å². The van der Waals surface area contributed by atoms with E-state index in [-0.39, 0.29) is 0 Å². The molecule has 16 heavy (non-hydrogen) atoms. The lowest BCUT2D eigenvalue weighted by Crippen LogP contribution is -2.13. The lowest BCUT2D eigenvalue weighted by atomic mass is 10.4. The molecule has 0 fully saturated rings. The minimum absolute atomic E-state index is 0.583. The van der Waals surface area contributed by atoms with Crippen LogP contribution in [0.1, 0.15) is 11.1 Å². The molecule has 2 aromatic heterocycles. The van der Waals surface area contributed by atoms with Crippen LogP contribution in [0.25, 0.3) is 0 Å². The second-order valence-corrected chi connectivity index (χ2v) is 4.99. The van der Waals surface area contributed by atoms with Gasteiger partial charge in [0.2, 0.25) is 0 Å². The molecule has 0 unspecified atom stereocenters. The highest BCUT2D eigenvalue weighted by atomic mass is 32.1. The van der Waals surface area contributed by atoms with Gasteiger partial charge in [-0.25, -0.2) is 4.79 Å². The van der Waals surface area contributed by atoms with Crippen LogP contribution in [0.4, 0.5) is 4.79 Å². The Morgan fingerprint density at radius 3 is 1.75 bits per heavy atom. The molecule has 0 aliphatic carbocycles. The fourth-order valence-electron chi connectivity index (χ4n) is 1.10. The minimum Gasteiger partial charge on any atom is -0.383 e. The first-order valence-corrected chi connectivity index (χ1v) is 6.40. The van der Waals surface area contributed by atoms with E-state index in [0.717, 1.165) is 11.1 Å². The number of aryl methyl sites for hydroxylation is 2. The Morgan fingerprint density at radius 2 is 1.44 bits per heavy atom. The Balaban J connectivity index is 2.00. The van der Waals surface area contributed by atoms with Crippen LogP contribution in [0.2, 0.25) is 0 Å². The third-order valence-corrected chi connectivity index (χ3v) is 3.77. The van der Waals surface area contributed by atoms with Gasteiger partial charge in [0.05, 0.1) is 0 Å². The van der Waals surface area contributed by atoms with Crippen molar-refractivity contribution in [3.63, 3.8) is 0 Å². The zero-order valence-electron chi connectivity index (χ0n) is 8.85. The van der Waals surface area contributed by atoms with Crippen molar-refractivity contribution < 1.29 is 14.3 Å². The smallest absolute Gasteiger partial charge is 0.383 e. The Labute approximate surface area is 101 Å². The van der Waals surface area contributed by atoms with E-state index in [4.69, 9.17) is 9.47 Å². The molecule has 0 spiro atoms. The molecule has 0 amide bonds. The van der Waals surface area contributed by atoms with E-state index in [2.05, 4.69) is 0 Å². The number of rotatable bonds is 2. The Morgan fingerprint density at radius 1 is 1.00 bits per heavy atom. The van der Waals surface area contributed by atoms with Gasteiger partial charge in [-0.05, 0) is 36.7 Å². The molecule has 0 aliphatic rings. The molecule has 84 valence electrons. The third-order valence-electron chi connectivity index (χ3n) is 1.98. The second-order valence-electron chi connectivity index (χ2n) is 3.24. The maximum absolute atomic E-state index is 11.5. The molecule has 0 bridgehead atoms. The van der Waals surface area contributed by atoms with Gasteiger partial charge in [0.25, 0.3) is 0 Å². The fourth-order valence-corrected chi connectivity index (χ4v) is 2.63. The predicted octanol–water partition coefficient (Wildman–Crippen LogP) is 4.00. The fraction of sp³-hybridized carbons (Fsp3) is 0.182. The molecule has 0 radical (unpaired) electrons. The van der Waals surface area contributed by atoms with Gasteiger partial charge >= 0.3 is 6.16 Å². The molecule has 2 rings (SSSR count). The van der Waals surface area contributed by atoms with Gasteiger partial charge < -0.3 is 9.47 Å². The van der Waals surface area contributed by atoms with Gasteiger partial charge in [-0.1, -0.05) is 0 Å². The number of carbonyl (C=O) groups is 1. The summed E-state index contributed by atoms with van der Waals surface area (Å²) in [7, 11) is 0. The first kappa shape index (κ1) is 11.2. The lowest BCUT2D eigenvalue weighted by Gasteiger charge is -2.03. The Bertz CT molecular complexity index is 455. The van der Waals surface area contributed by atoms with Gasteiger partial charge in [0.15, 0.2) is 10.1 Å². The van der Waals surface area contributed by atoms with Gasteiger partial charge in [0.1, 0.15) is 0 Å². The summed E-state index contributed by atoms with van der Waals surface area (Å²) in [6, 6.07) is 3.79. The number of carbonyl (C=O) groups excluding carboxylic acids is 1. The summed E-state index contributed by atoms with van der Waals surface area (Å²) >= 11 is 2.75. The van der Waals surface area contributed by atoms with Crippen LogP contribution in [-0.2, 0) is 0 Å². The van der Waals surface area contributed by atoms with Crippen LogP contribution in [0.3, 0.4) is 0 Å². The normalized spacial score (nSPS) is 10.1. The number of ether oxygens (including phenoxy) is 2. The van der Waals surface area contributed by atoms with Gasteiger partial charge in [-0.3, -0.25) is 0 Å². The monoisotopic (exact) mass is 254 g/mol. The van der Waals surface area contributed by atoms with E-state index in [1.807, 2.05) is 36.7 Å². The first-order valence-electron chi connectivity index (χ1n) is 4.64. The van der Waals surface area contributed by atoms with Crippen molar-refractivity contribution in [3.05, 3.63) is 34.0 Å². The van der Waals surface area contributed by atoms with Crippen molar-refractivity contribution in [2.45, 2.75) is 13.8 Å². The molecular formula is C11H10O3S2. The molecule has 3 nitrogen and oxygen atoms in total. The standard InChI is InChI=1S/C11H10O3S2/c1-7-3-5-15-9(7)13-11(12)14-10-8(2)4-6-16-10/h3-6H,1-2H3. The van der Waals surface area contributed by atoms with Crippen molar-refractivity contribution in [3.8, 4) is 10.1 Å². The topological polar surface area (TPSA) is 35.5 Å². The van der Waals surface area contributed by atoms with E-state index in [0.29, 0.717) is 10.1 Å². The minimum atomic E-state index is -0.684. The third kappa shape index (κ3) is 2.43. The van der Waals surface area contributed by atoms with Crippen LogP contribution in [0, 0.1) is 13.8 Å². The molecule has 0 atom stereocenters. The summed E-state index contributed by atoms with van der Waals surface area (Å²) < 4.78 is 10.2. The first-order chi connectivity index (χ1) is 7.66. The average molecular weight is 254 g/mol. The van der Waals surface area contributed by atoms with Crippen molar-refractivity contribution in [1.82, 2.24) is 0 Å². The van der Waals surface area contributed by atoms with Crippen molar-refractivity contribution in [1.29, 1.82) is 0 Å². The number of hydrogen-bond acceptors (Lipinski definition) is 5. The summed E-state index contributed by atoms with van der Waals surface area (Å²) in [5, 5.41) is 4.90. The SMILES string of the molecule is Cc1ccsc1OC(=O)Oc1sccc1C. The second kappa shape index (κ2) is 4.67. The molecule has 0 saturated carbocycles. The predicted molar refractivity (Wildman–Crippen MR) is 64.8 cm³/mol. The Kier molecular flexibility index (Phi) is 3.26. The highest BCUT2D eigenvalue weighted by molar-refractivity contribution is 7.12. The molecular weight excluding hydrogens is 244 g/mol. The van der Waals surface area contributed by atoms with Crippen LogP contribution < -0.4 is 9.47 Å². The highest BCUT2D eigenvalue weighted by Crippen LogP contribution is 2.28. The maximum Gasteiger partial charge on any atom is 0.521 e. The summed E-state index contributed by atoms with van der Waals surface area (Å²) in [5.74, 6) is 0. The average Bonchev–Trinajstić information content (AvgIpc) is 2.79. The molecule has 2 aromatic rings. The van der Waals surface area contributed by atoms with Gasteiger partial charge in [0, 0.05) is 11.1 Å². The molecule has 0 aromatic carbocycles. The number of hydrogen-bond donors (Lipinski definition) is 0. The van der Waals surface area contributed by atoms with E-state index >= 15 is 0 Å².